The number of likely N-dealkylation sites (N-methyl/N-ethyl adjacent to an activating group) is 1. The fourth-order valence-electron chi connectivity index (χ4n) is 4.77. The zero-order chi connectivity index (χ0) is 21.4. The molecular weight excluding hydrogens is 382 g/mol. The first-order valence-electron chi connectivity index (χ1n) is 10.8. The van der Waals surface area contributed by atoms with Gasteiger partial charge in [0.1, 0.15) is 6.04 Å². The molecule has 2 aromatic rings. The lowest BCUT2D eigenvalue weighted by Gasteiger charge is -2.37. The number of piperazine rings is 1. The highest BCUT2D eigenvalue weighted by molar-refractivity contribution is 6.00. The van der Waals surface area contributed by atoms with Crippen LogP contribution in [-0.2, 0) is 23.1 Å². The zero-order valence-electron chi connectivity index (χ0n) is 18.1. The second-order valence-electron chi connectivity index (χ2n) is 8.70. The van der Waals surface area contributed by atoms with Crippen molar-refractivity contribution in [2.45, 2.75) is 44.7 Å². The van der Waals surface area contributed by atoms with Crippen molar-refractivity contribution in [1.29, 1.82) is 0 Å². The lowest BCUT2D eigenvalue weighted by molar-refractivity contribution is -0.135. The number of carbonyl (C=O) groups is 2. The van der Waals surface area contributed by atoms with Crippen molar-refractivity contribution >= 4 is 22.8 Å². The number of para-hydroxylation sites is 1. The average molecular weight is 414 g/mol. The highest BCUT2D eigenvalue weighted by Gasteiger charge is 2.31. The second kappa shape index (κ2) is 8.35. The van der Waals surface area contributed by atoms with Gasteiger partial charge in [0.2, 0.25) is 11.8 Å². The minimum absolute atomic E-state index is 0.208. The number of imide groups is 1. The summed E-state index contributed by atoms with van der Waals surface area (Å²) in [5.41, 5.74) is 2.57. The molecule has 8 nitrogen and oxygen atoms in total. The summed E-state index contributed by atoms with van der Waals surface area (Å²) in [4.78, 5) is 41.8. The molecule has 0 saturated carbocycles. The molecule has 2 unspecified atom stereocenters. The van der Waals surface area contributed by atoms with Crippen LogP contribution in [0.4, 0.5) is 0 Å². The number of carbonyl (C=O) groups excluding carboxylic acids is 2. The van der Waals surface area contributed by atoms with Crippen molar-refractivity contribution in [3.8, 4) is 0 Å². The Balaban J connectivity index is 1.55. The predicted molar refractivity (Wildman–Crippen MR) is 115 cm³/mol. The number of rotatable bonds is 5. The van der Waals surface area contributed by atoms with E-state index in [-0.39, 0.29) is 18.0 Å². The molecule has 30 heavy (non-hydrogen) atoms. The Kier molecular flexibility index (Phi) is 5.79. The Morgan fingerprint density at radius 2 is 1.93 bits per heavy atom. The molecule has 2 amide bonds. The molecule has 2 aliphatic rings. The smallest absolute Gasteiger partial charge is 0.301 e. The standard InChI is InChI=1S/C22H31N5O3/c1-15-14-26(13-12-24(15)2)11-5-7-16-6-4-8-17-20(16)25(3)22(30)27(17)18-9-10-19(28)23-21(18)29/h4,6,8,15,18H,5,7,9-14H2,1-3H3,(H,23,28,29). The molecule has 2 saturated heterocycles. The monoisotopic (exact) mass is 413 g/mol. The quantitative estimate of drug-likeness (QED) is 0.737. The summed E-state index contributed by atoms with van der Waals surface area (Å²) in [7, 11) is 3.94. The Morgan fingerprint density at radius 3 is 2.67 bits per heavy atom. The summed E-state index contributed by atoms with van der Waals surface area (Å²) in [6.07, 6.45) is 2.51. The van der Waals surface area contributed by atoms with E-state index in [1.807, 2.05) is 12.1 Å². The van der Waals surface area contributed by atoms with Gasteiger partial charge in [0, 0.05) is 39.1 Å². The topological polar surface area (TPSA) is 79.6 Å². The number of benzene rings is 1. The van der Waals surface area contributed by atoms with E-state index < -0.39 is 11.9 Å². The summed E-state index contributed by atoms with van der Waals surface area (Å²) in [6.45, 7) is 6.58. The molecule has 0 spiro atoms. The number of hydrogen-bond acceptors (Lipinski definition) is 5. The van der Waals surface area contributed by atoms with E-state index in [9.17, 15) is 14.4 Å². The van der Waals surface area contributed by atoms with Gasteiger partial charge in [0.05, 0.1) is 11.0 Å². The van der Waals surface area contributed by atoms with Crippen LogP contribution in [0.5, 0.6) is 0 Å². The zero-order valence-corrected chi connectivity index (χ0v) is 18.1. The van der Waals surface area contributed by atoms with Crippen LogP contribution in [0.1, 0.15) is 37.8 Å². The Labute approximate surface area is 176 Å². The lowest BCUT2D eigenvalue weighted by Crippen LogP contribution is -2.50. The van der Waals surface area contributed by atoms with Crippen molar-refractivity contribution < 1.29 is 9.59 Å². The third kappa shape index (κ3) is 3.81. The van der Waals surface area contributed by atoms with E-state index in [0.717, 1.165) is 55.6 Å². The summed E-state index contributed by atoms with van der Waals surface area (Å²) in [6, 6.07) is 5.86. The maximum absolute atomic E-state index is 13.0. The summed E-state index contributed by atoms with van der Waals surface area (Å²) in [5, 5.41) is 2.37. The number of nitrogens with zero attached hydrogens (tertiary/aromatic N) is 4. The molecule has 1 aromatic carbocycles. The molecule has 8 heteroatoms. The summed E-state index contributed by atoms with van der Waals surface area (Å²) in [5.74, 6) is -0.668. The van der Waals surface area contributed by atoms with Crippen LogP contribution in [-0.4, -0.2) is 70.0 Å². The van der Waals surface area contributed by atoms with Crippen molar-refractivity contribution in [3.63, 3.8) is 0 Å². The van der Waals surface area contributed by atoms with Gasteiger partial charge in [-0.05, 0) is 51.4 Å². The van der Waals surface area contributed by atoms with Gasteiger partial charge in [-0.2, -0.15) is 0 Å². The highest BCUT2D eigenvalue weighted by Crippen LogP contribution is 2.25. The fourth-order valence-corrected chi connectivity index (χ4v) is 4.77. The van der Waals surface area contributed by atoms with E-state index in [0.29, 0.717) is 12.5 Å². The Bertz CT molecular complexity index is 1020. The first-order chi connectivity index (χ1) is 14.4. The number of aromatic nitrogens is 2. The number of fused-ring (bicyclic) bond motifs is 1. The van der Waals surface area contributed by atoms with Gasteiger partial charge in [-0.3, -0.25) is 24.0 Å². The number of aryl methyl sites for hydroxylation is 2. The van der Waals surface area contributed by atoms with Crippen LogP contribution in [0.2, 0.25) is 0 Å². The average Bonchev–Trinajstić information content (AvgIpc) is 2.96. The van der Waals surface area contributed by atoms with Crippen molar-refractivity contribution in [2.24, 2.45) is 7.05 Å². The van der Waals surface area contributed by atoms with E-state index in [1.165, 1.54) is 0 Å². The lowest BCUT2D eigenvalue weighted by atomic mass is 10.0. The molecule has 0 radical (unpaired) electrons. The number of piperidine rings is 1. The molecule has 3 heterocycles. The fraction of sp³-hybridized carbons (Fsp3) is 0.591. The number of imidazole rings is 1. The van der Waals surface area contributed by atoms with Gasteiger partial charge >= 0.3 is 5.69 Å². The molecule has 2 aliphatic heterocycles. The molecule has 4 rings (SSSR count). The van der Waals surface area contributed by atoms with Gasteiger partial charge in [0.25, 0.3) is 0 Å². The Hall–Kier alpha value is -2.45. The van der Waals surface area contributed by atoms with E-state index >= 15 is 0 Å². The van der Waals surface area contributed by atoms with Crippen LogP contribution in [0.15, 0.2) is 23.0 Å². The predicted octanol–water partition coefficient (Wildman–Crippen LogP) is 0.886. The highest BCUT2D eigenvalue weighted by atomic mass is 16.2. The first kappa shape index (κ1) is 20.8. The van der Waals surface area contributed by atoms with Crippen molar-refractivity contribution in [3.05, 3.63) is 34.2 Å². The number of hydrogen-bond donors (Lipinski definition) is 1. The van der Waals surface area contributed by atoms with Crippen molar-refractivity contribution in [2.75, 3.05) is 33.2 Å². The molecule has 1 N–H and O–H groups in total. The second-order valence-corrected chi connectivity index (χ2v) is 8.70. The minimum atomic E-state index is -0.638. The van der Waals surface area contributed by atoms with Gasteiger partial charge in [-0.25, -0.2) is 4.79 Å². The van der Waals surface area contributed by atoms with Gasteiger partial charge in [-0.1, -0.05) is 12.1 Å². The summed E-state index contributed by atoms with van der Waals surface area (Å²) < 4.78 is 3.20. The third-order valence-corrected chi connectivity index (χ3v) is 6.67. The van der Waals surface area contributed by atoms with Crippen LogP contribution >= 0.6 is 0 Å². The van der Waals surface area contributed by atoms with E-state index in [2.05, 4.69) is 35.2 Å². The van der Waals surface area contributed by atoms with Crippen LogP contribution < -0.4 is 11.0 Å². The van der Waals surface area contributed by atoms with Gasteiger partial charge < -0.3 is 9.80 Å². The molecule has 0 aliphatic carbocycles. The van der Waals surface area contributed by atoms with Crippen LogP contribution in [0.3, 0.4) is 0 Å². The van der Waals surface area contributed by atoms with Crippen LogP contribution in [0.25, 0.3) is 11.0 Å². The van der Waals surface area contributed by atoms with Gasteiger partial charge in [-0.15, -0.1) is 0 Å². The van der Waals surface area contributed by atoms with E-state index in [1.54, 1.807) is 16.2 Å². The van der Waals surface area contributed by atoms with E-state index in [4.69, 9.17) is 0 Å². The molecule has 0 bridgehead atoms. The summed E-state index contributed by atoms with van der Waals surface area (Å²) >= 11 is 0. The number of amides is 2. The maximum atomic E-state index is 13.0. The maximum Gasteiger partial charge on any atom is 0.329 e. The van der Waals surface area contributed by atoms with Crippen LogP contribution in [0, 0.1) is 0 Å². The normalized spacial score (nSPS) is 23.8. The molecule has 2 fully saturated rings. The SMILES string of the molecule is CC1CN(CCCc2cccc3c2n(C)c(=O)n3C2CCC(=O)NC2=O)CCN1C. The van der Waals surface area contributed by atoms with Gasteiger partial charge in [0.15, 0.2) is 0 Å². The molecule has 1 aromatic heterocycles. The number of nitrogens with one attached hydrogen (secondary N) is 1. The largest absolute Gasteiger partial charge is 0.329 e. The molecule has 162 valence electrons. The molecular formula is C22H31N5O3. The molecule has 2 atom stereocenters. The third-order valence-electron chi connectivity index (χ3n) is 6.67. The minimum Gasteiger partial charge on any atom is -0.301 e. The Morgan fingerprint density at radius 1 is 1.13 bits per heavy atom. The van der Waals surface area contributed by atoms with Crippen molar-refractivity contribution in [1.82, 2.24) is 24.3 Å². The first-order valence-corrected chi connectivity index (χ1v) is 10.8.